The third kappa shape index (κ3) is 4.52. The van der Waals surface area contributed by atoms with Crippen LogP contribution in [0.1, 0.15) is 11.3 Å². The van der Waals surface area contributed by atoms with Crippen LogP contribution in [0.25, 0.3) is 6.08 Å². The van der Waals surface area contributed by atoms with Crippen LogP contribution in [0.2, 0.25) is 0 Å². The van der Waals surface area contributed by atoms with Crippen LogP contribution in [0.4, 0.5) is 0 Å². The largest absolute Gasteiger partial charge is 0.313 e. The van der Waals surface area contributed by atoms with E-state index in [0.717, 1.165) is 25.2 Å². The summed E-state index contributed by atoms with van der Waals surface area (Å²) >= 11 is 0. The van der Waals surface area contributed by atoms with Crippen molar-refractivity contribution in [2.24, 2.45) is 0 Å². The van der Waals surface area contributed by atoms with Gasteiger partial charge in [0.25, 0.3) is 0 Å². The lowest BCUT2D eigenvalue weighted by Crippen LogP contribution is -2.17. The first-order valence-electron chi connectivity index (χ1n) is 6.27. The minimum absolute atomic E-state index is 0.891. The van der Waals surface area contributed by atoms with E-state index in [0.29, 0.717) is 0 Å². The topological polar surface area (TPSA) is 24.9 Å². The molecule has 2 aromatic rings. The SMILES string of the molecule is C(=Cc1ccccc1)CNCCc1ccccn1. The molecule has 2 heteroatoms. The molecule has 0 saturated heterocycles. The van der Waals surface area contributed by atoms with Gasteiger partial charge in [0, 0.05) is 31.4 Å². The highest BCUT2D eigenvalue weighted by atomic mass is 14.8. The molecular weight excluding hydrogens is 220 g/mol. The molecule has 0 aliphatic heterocycles. The molecule has 0 bridgehead atoms. The highest BCUT2D eigenvalue weighted by Gasteiger charge is 1.91. The highest BCUT2D eigenvalue weighted by Crippen LogP contribution is 2.00. The third-order valence-electron chi connectivity index (χ3n) is 2.66. The second-order valence-corrected chi connectivity index (χ2v) is 4.09. The molecule has 18 heavy (non-hydrogen) atoms. The minimum Gasteiger partial charge on any atom is -0.313 e. The maximum absolute atomic E-state index is 4.29. The highest BCUT2D eigenvalue weighted by molar-refractivity contribution is 5.48. The summed E-state index contributed by atoms with van der Waals surface area (Å²) in [5, 5.41) is 3.38. The van der Waals surface area contributed by atoms with Crippen LogP contribution >= 0.6 is 0 Å². The molecule has 0 saturated carbocycles. The van der Waals surface area contributed by atoms with E-state index in [-0.39, 0.29) is 0 Å². The van der Waals surface area contributed by atoms with Crippen molar-refractivity contribution >= 4 is 6.08 Å². The molecule has 0 atom stereocenters. The van der Waals surface area contributed by atoms with Crippen molar-refractivity contribution in [2.45, 2.75) is 6.42 Å². The number of aromatic nitrogens is 1. The van der Waals surface area contributed by atoms with Crippen molar-refractivity contribution in [1.82, 2.24) is 10.3 Å². The van der Waals surface area contributed by atoms with E-state index in [9.17, 15) is 0 Å². The Labute approximate surface area is 108 Å². The van der Waals surface area contributed by atoms with E-state index in [1.54, 1.807) is 0 Å². The predicted molar refractivity (Wildman–Crippen MR) is 76.3 cm³/mol. The fourth-order valence-electron chi connectivity index (χ4n) is 1.71. The zero-order chi connectivity index (χ0) is 12.5. The Morgan fingerprint density at radius 1 is 1.00 bits per heavy atom. The Bertz CT molecular complexity index is 463. The lowest BCUT2D eigenvalue weighted by molar-refractivity contribution is 0.735. The van der Waals surface area contributed by atoms with Gasteiger partial charge in [-0.25, -0.2) is 0 Å². The Morgan fingerprint density at radius 3 is 2.61 bits per heavy atom. The van der Waals surface area contributed by atoms with E-state index in [1.807, 2.05) is 36.5 Å². The maximum atomic E-state index is 4.29. The maximum Gasteiger partial charge on any atom is 0.0416 e. The third-order valence-corrected chi connectivity index (χ3v) is 2.66. The number of pyridine rings is 1. The summed E-state index contributed by atoms with van der Waals surface area (Å²) in [7, 11) is 0. The number of benzene rings is 1. The van der Waals surface area contributed by atoms with Crippen LogP contribution in [0.15, 0.2) is 60.8 Å². The summed E-state index contributed by atoms with van der Waals surface area (Å²) < 4.78 is 0. The predicted octanol–water partition coefficient (Wildman–Crippen LogP) is 2.93. The molecule has 0 spiro atoms. The standard InChI is InChI=1S/C16H18N2/c1-2-7-15(8-3-1)9-6-12-17-14-11-16-10-4-5-13-18-16/h1-10,13,17H,11-12,14H2. The van der Waals surface area contributed by atoms with E-state index in [4.69, 9.17) is 0 Å². The van der Waals surface area contributed by atoms with Crippen LogP contribution < -0.4 is 5.32 Å². The Morgan fingerprint density at radius 2 is 1.83 bits per heavy atom. The number of hydrogen-bond acceptors (Lipinski definition) is 2. The molecule has 0 unspecified atom stereocenters. The Kier molecular flexibility index (Phi) is 5.15. The molecular formula is C16H18N2. The second kappa shape index (κ2) is 7.41. The molecule has 1 aromatic heterocycles. The van der Waals surface area contributed by atoms with Crippen molar-refractivity contribution < 1.29 is 0 Å². The van der Waals surface area contributed by atoms with Gasteiger partial charge in [0.15, 0.2) is 0 Å². The van der Waals surface area contributed by atoms with Crippen LogP contribution in [0, 0.1) is 0 Å². The van der Waals surface area contributed by atoms with E-state index in [2.05, 4.69) is 40.7 Å². The molecule has 1 N–H and O–H groups in total. The number of hydrogen-bond donors (Lipinski definition) is 1. The molecule has 92 valence electrons. The van der Waals surface area contributed by atoms with E-state index < -0.39 is 0 Å². The van der Waals surface area contributed by atoms with Gasteiger partial charge in [0.05, 0.1) is 0 Å². The average molecular weight is 238 g/mol. The van der Waals surface area contributed by atoms with Gasteiger partial charge in [0.2, 0.25) is 0 Å². The summed E-state index contributed by atoms with van der Waals surface area (Å²) in [5.41, 5.74) is 2.38. The van der Waals surface area contributed by atoms with Crippen LogP contribution in [0.3, 0.4) is 0 Å². The molecule has 0 aliphatic carbocycles. The fraction of sp³-hybridized carbons (Fsp3) is 0.188. The first kappa shape index (κ1) is 12.5. The molecule has 2 nitrogen and oxygen atoms in total. The quantitative estimate of drug-likeness (QED) is 0.783. The van der Waals surface area contributed by atoms with Gasteiger partial charge >= 0.3 is 0 Å². The number of nitrogens with one attached hydrogen (secondary N) is 1. The molecule has 0 amide bonds. The van der Waals surface area contributed by atoms with Gasteiger partial charge in [-0.1, -0.05) is 48.6 Å². The van der Waals surface area contributed by atoms with Gasteiger partial charge < -0.3 is 5.32 Å². The van der Waals surface area contributed by atoms with Gasteiger partial charge in [-0.3, -0.25) is 4.98 Å². The van der Waals surface area contributed by atoms with Crippen LogP contribution in [-0.4, -0.2) is 18.1 Å². The van der Waals surface area contributed by atoms with Crippen molar-refractivity contribution in [3.8, 4) is 0 Å². The normalized spacial score (nSPS) is 10.9. The first-order valence-corrected chi connectivity index (χ1v) is 6.27. The minimum atomic E-state index is 0.891. The Balaban J connectivity index is 1.63. The lowest BCUT2D eigenvalue weighted by Gasteiger charge is -2.01. The van der Waals surface area contributed by atoms with Crippen molar-refractivity contribution in [3.63, 3.8) is 0 Å². The molecule has 0 fully saturated rings. The number of nitrogens with zero attached hydrogens (tertiary/aromatic N) is 1. The Hall–Kier alpha value is -1.93. The zero-order valence-corrected chi connectivity index (χ0v) is 10.4. The van der Waals surface area contributed by atoms with Gasteiger partial charge in [-0.15, -0.1) is 0 Å². The average Bonchev–Trinajstić information content (AvgIpc) is 2.45. The summed E-state index contributed by atoms with van der Waals surface area (Å²) in [6.07, 6.45) is 7.09. The molecule has 0 radical (unpaired) electrons. The van der Waals surface area contributed by atoms with Gasteiger partial charge in [-0.2, -0.15) is 0 Å². The van der Waals surface area contributed by atoms with Crippen LogP contribution in [-0.2, 0) is 6.42 Å². The monoisotopic (exact) mass is 238 g/mol. The van der Waals surface area contributed by atoms with Gasteiger partial charge in [-0.05, 0) is 17.7 Å². The smallest absolute Gasteiger partial charge is 0.0416 e. The number of rotatable bonds is 6. The van der Waals surface area contributed by atoms with Crippen molar-refractivity contribution in [2.75, 3.05) is 13.1 Å². The molecule has 2 rings (SSSR count). The summed E-state index contributed by atoms with van der Waals surface area (Å²) in [4.78, 5) is 4.29. The molecule has 1 heterocycles. The summed E-state index contributed by atoms with van der Waals surface area (Å²) in [6.45, 7) is 1.85. The van der Waals surface area contributed by atoms with Crippen LogP contribution in [0.5, 0.6) is 0 Å². The second-order valence-electron chi connectivity index (χ2n) is 4.09. The molecule has 0 aliphatic rings. The molecule has 1 aromatic carbocycles. The van der Waals surface area contributed by atoms with Gasteiger partial charge in [0.1, 0.15) is 0 Å². The first-order chi connectivity index (χ1) is 8.95. The lowest BCUT2D eigenvalue weighted by atomic mass is 10.2. The van der Waals surface area contributed by atoms with Crippen molar-refractivity contribution in [1.29, 1.82) is 0 Å². The summed E-state index contributed by atoms with van der Waals surface area (Å²) in [6, 6.07) is 16.4. The van der Waals surface area contributed by atoms with E-state index >= 15 is 0 Å². The van der Waals surface area contributed by atoms with E-state index in [1.165, 1.54) is 5.56 Å². The fourth-order valence-corrected chi connectivity index (χ4v) is 1.71. The zero-order valence-electron chi connectivity index (χ0n) is 10.4. The summed E-state index contributed by atoms with van der Waals surface area (Å²) in [5.74, 6) is 0. The van der Waals surface area contributed by atoms with Crippen molar-refractivity contribution in [3.05, 3.63) is 72.1 Å².